The van der Waals surface area contributed by atoms with Crippen LogP contribution in [0.25, 0.3) is 11.1 Å². The molecule has 29 heavy (non-hydrogen) atoms. The van der Waals surface area contributed by atoms with E-state index in [1.165, 1.54) is 12.1 Å². The number of amides is 1. The Labute approximate surface area is 167 Å². The van der Waals surface area contributed by atoms with Gasteiger partial charge in [0.25, 0.3) is 0 Å². The second-order valence-electron chi connectivity index (χ2n) is 6.23. The fourth-order valence-electron chi connectivity index (χ4n) is 2.83. The number of aryl methyl sites for hydroxylation is 1. The quantitative estimate of drug-likeness (QED) is 0.585. The van der Waals surface area contributed by atoms with Crippen LogP contribution in [-0.2, 0) is 11.2 Å². The van der Waals surface area contributed by atoms with Crippen molar-refractivity contribution >= 4 is 11.6 Å². The van der Waals surface area contributed by atoms with Crippen molar-refractivity contribution in [3.8, 4) is 22.6 Å². The van der Waals surface area contributed by atoms with Crippen LogP contribution in [0.1, 0.15) is 12.0 Å². The van der Waals surface area contributed by atoms with Crippen LogP contribution in [0, 0.1) is 0 Å². The van der Waals surface area contributed by atoms with Gasteiger partial charge in [0.15, 0.2) is 0 Å². The number of carbonyl (C=O) groups is 1. The number of anilines is 1. The van der Waals surface area contributed by atoms with Gasteiger partial charge in [0.2, 0.25) is 5.91 Å². The number of pyridine rings is 1. The molecule has 0 saturated heterocycles. The molecular formula is C22H20F2N2O3. The first-order chi connectivity index (χ1) is 14.0. The second-order valence-corrected chi connectivity index (χ2v) is 6.23. The number of carbonyl (C=O) groups excluding carboxylic acids is 1. The molecule has 0 spiro atoms. The Morgan fingerprint density at radius 1 is 1.14 bits per heavy atom. The van der Waals surface area contributed by atoms with Crippen LogP contribution in [0.2, 0.25) is 0 Å². The molecular weight excluding hydrogens is 378 g/mol. The van der Waals surface area contributed by atoms with Gasteiger partial charge in [0.05, 0.1) is 7.11 Å². The Kier molecular flexibility index (Phi) is 6.73. The van der Waals surface area contributed by atoms with Gasteiger partial charge in [-0.1, -0.05) is 18.2 Å². The van der Waals surface area contributed by atoms with Gasteiger partial charge in [0.1, 0.15) is 11.5 Å². The number of methoxy groups -OCH3 is 1. The summed E-state index contributed by atoms with van der Waals surface area (Å²) in [5.41, 5.74) is 2.56. The summed E-state index contributed by atoms with van der Waals surface area (Å²) < 4.78 is 35.3. The summed E-state index contributed by atoms with van der Waals surface area (Å²) in [5.74, 6) is 0.487. The lowest BCUT2D eigenvalue weighted by Crippen LogP contribution is -2.12. The number of rotatable bonds is 8. The van der Waals surface area contributed by atoms with E-state index < -0.39 is 6.61 Å². The van der Waals surface area contributed by atoms with Crippen LogP contribution < -0.4 is 14.8 Å². The summed E-state index contributed by atoms with van der Waals surface area (Å²) in [6.07, 6.45) is 4.22. The number of hydrogen-bond donors (Lipinski definition) is 1. The van der Waals surface area contributed by atoms with E-state index in [2.05, 4.69) is 15.0 Å². The van der Waals surface area contributed by atoms with Crippen LogP contribution in [0.5, 0.6) is 11.5 Å². The molecule has 0 atom stereocenters. The van der Waals surface area contributed by atoms with Gasteiger partial charge in [-0.2, -0.15) is 8.78 Å². The van der Waals surface area contributed by atoms with E-state index >= 15 is 0 Å². The normalized spacial score (nSPS) is 10.6. The minimum Gasteiger partial charge on any atom is -0.497 e. The number of benzene rings is 2. The van der Waals surface area contributed by atoms with Crippen LogP contribution in [0.15, 0.2) is 67.0 Å². The molecule has 1 amide bonds. The highest BCUT2D eigenvalue weighted by atomic mass is 19.3. The lowest BCUT2D eigenvalue weighted by Gasteiger charge is -2.14. The molecule has 3 rings (SSSR count). The maximum absolute atomic E-state index is 12.8. The van der Waals surface area contributed by atoms with Crippen LogP contribution in [0.3, 0.4) is 0 Å². The Balaban J connectivity index is 1.77. The summed E-state index contributed by atoms with van der Waals surface area (Å²) in [7, 11) is 1.54. The molecule has 5 nitrogen and oxygen atoms in total. The number of nitrogens with one attached hydrogen (secondary N) is 1. The second kappa shape index (κ2) is 9.64. The zero-order valence-electron chi connectivity index (χ0n) is 15.8. The van der Waals surface area contributed by atoms with Gasteiger partial charge >= 0.3 is 6.61 Å². The molecule has 7 heteroatoms. The fourth-order valence-corrected chi connectivity index (χ4v) is 2.83. The first-order valence-electron chi connectivity index (χ1n) is 8.97. The van der Waals surface area contributed by atoms with Crippen molar-refractivity contribution in [3.05, 3.63) is 72.6 Å². The fraction of sp³-hybridized carbons (Fsp3) is 0.182. The highest BCUT2D eigenvalue weighted by molar-refractivity contribution is 5.92. The highest BCUT2D eigenvalue weighted by Gasteiger charge is 2.14. The highest BCUT2D eigenvalue weighted by Crippen LogP contribution is 2.34. The predicted octanol–water partition coefficient (Wildman–Crippen LogP) is 4.93. The Hall–Kier alpha value is -3.48. The standard InChI is InChI=1S/C22H20F2N2O3/c1-28-18-8-5-16(6-9-18)19-13-17(7-10-20(19)29-22(23)24)26-21(27)11-4-15-3-2-12-25-14-15/h2-3,5-10,12-14,22H,4,11H2,1H3,(H,26,27). The van der Waals surface area contributed by atoms with Crippen LogP contribution in [0.4, 0.5) is 14.5 Å². The maximum atomic E-state index is 12.8. The third-order valence-corrected chi connectivity index (χ3v) is 4.24. The maximum Gasteiger partial charge on any atom is 0.387 e. The van der Waals surface area contributed by atoms with Gasteiger partial charge in [-0.3, -0.25) is 9.78 Å². The van der Waals surface area contributed by atoms with Crippen molar-refractivity contribution < 1.29 is 23.0 Å². The third kappa shape index (κ3) is 5.75. The van der Waals surface area contributed by atoms with Crippen molar-refractivity contribution in [2.45, 2.75) is 19.5 Å². The molecule has 1 aromatic heterocycles. The monoisotopic (exact) mass is 398 g/mol. The van der Waals surface area contributed by atoms with E-state index in [-0.39, 0.29) is 18.1 Å². The van der Waals surface area contributed by atoms with E-state index in [1.807, 2.05) is 12.1 Å². The molecule has 1 heterocycles. The van der Waals surface area contributed by atoms with Crippen LogP contribution in [-0.4, -0.2) is 24.6 Å². The van der Waals surface area contributed by atoms with Crippen LogP contribution >= 0.6 is 0 Å². The number of nitrogens with zero attached hydrogens (tertiary/aromatic N) is 1. The van der Waals surface area contributed by atoms with E-state index in [0.29, 0.717) is 29.0 Å². The average Bonchev–Trinajstić information content (AvgIpc) is 2.74. The molecule has 0 aliphatic carbocycles. The smallest absolute Gasteiger partial charge is 0.387 e. The molecule has 3 aromatic rings. The SMILES string of the molecule is COc1ccc(-c2cc(NC(=O)CCc3cccnc3)ccc2OC(F)F)cc1. The zero-order valence-corrected chi connectivity index (χ0v) is 15.8. The molecule has 0 unspecified atom stereocenters. The number of aromatic nitrogens is 1. The van der Waals surface area contributed by atoms with E-state index in [9.17, 15) is 13.6 Å². The van der Waals surface area contributed by atoms with Crippen molar-refractivity contribution in [3.63, 3.8) is 0 Å². The number of ether oxygens (including phenoxy) is 2. The van der Waals surface area contributed by atoms with Crippen molar-refractivity contribution in [1.82, 2.24) is 4.98 Å². The topological polar surface area (TPSA) is 60.5 Å². The van der Waals surface area contributed by atoms with E-state index in [4.69, 9.17) is 4.74 Å². The van der Waals surface area contributed by atoms with Crippen molar-refractivity contribution in [1.29, 1.82) is 0 Å². The number of halogens is 2. The number of alkyl halides is 2. The molecule has 1 N–H and O–H groups in total. The van der Waals surface area contributed by atoms with Gasteiger partial charge in [-0.05, 0) is 53.9 Å². The van der Waals surface area contributed by atoms with Crippen molar-refractivity contribution in [2.75, 3.05) is 12.4 Å². The minimum atomic E-state index is -2.95. The molecule has 0 fully saturated rings. The Bertz CT molecular complexity index is 948. The summed E-state index contributed by atoms with van der Waals surface area (Å²) >= 11 is 0. The van der Waals surface area contributed by atoms with Gasteiger partial charge in [-0.15, -0.1) is 0 Å². The molecule has 150 valence electrons. The largest absolute Gasteiger partial charge is 0.497 e. The number of hydrogen-bond acceptors (Lipinski definition) is 4. The molecule has 0 bridgehead atoms. The van der Waals surface area contributed by atoms with Gasteiger partial charge < -0.3 is 14.8 Å². The molecule has 0 aliphatic rings. The molecule has 0 radical (unpaired) electrons. The molecule has 0 aliphatic heterocycles. The van der Waals surface area contributed by atoms with E-state index in [1.54, 1.807) is 49.8 Å². The molecule has 0 saturated carbocycles. The third-order valence-electron chi connectivity index (χ3n) is 4.24. The first-order valence-corrected chi connectivity index (χ1v) is 8.97. The minimum absolute atomic E-state index is 0.0264. The Morgan fingerprint density at radius 2 is 1.93 bits per heavy atom. The summed E-state index contributed by atoms with van der Waals surface area (Å²) in [5, 5.41) is 2.80. The Morgan fingerprint density at radius 3 is 2.59 bits per heavy atom. The average molecular weight is 398 g/mol. The summed E-state index contributed by atoms with van der Waals surface area (Å²) in [6, 6.07) is 15.2. The first kappa shape index (κ1) is 20.3. The van der Waals surface area contributed by atoms with Crippen molar-refractivity contribution in [2.24, 2.45) is 0 Å². The lowest BCUT2D eigenvalue weighted by molar-refractivity contribution is -0.116. The molecule has 2 aromatic carbocycles. The zero-order chi connectivity index (χ0) is 20.6. The van der Waals surface area contributed by atoms with Gasteiger partial charge in [0, 0.05) is 30.1 Å². The van der Waals surface area contributed by atoms with E-state index in [0.717, 1.165) is 5.56 Å². The van der Waals surface area contributed by atoms with Gasteiger partial charge in [-0.25, -0.2) is 0 Å². The lowest BCUT2D eigenvalue weighted by atomic mass is 10.0. The predicted molar refractivity (Wildman–Crippen MR) is 106 cm³/mol. The summed E-state index contributed by atoms with van der Waals surface area (Å²) in [6.45, 7) is -2.95. The summed E-state index contributed by atoms with van der Waals surface area (Å²) in [4.78, 5) is 16.3.